The SMILES string of the molecule is Cn1nc(-c2ccc(C(=O)N3CC(C(F)F)C3)cc2)nc1Nc1ccc(-c2cn[nH]c2)cc1. The first-order valence-corrected chi connectivity index (χ1v) is 10.4. The van der Waals surface area contributed by atoms with Gasteiger partial charge in [-0.3, -0.25) is 9.89 Å². The molecule has 0 radical (unpaired) electrons. The molecular formula is C23H21F2N7O. The summed E-state index contributed by atoms with van der Waals surface area (Å²) in [6.45, 7) is 0.191. The number of alkyl halides is 2. The first kappa shape index (κ1) is 20.8. The summed E-state index contributed by atoms with van der Waals surface area (Å²) in [4.78, 5) is 18.4. The second-order valence-corrected chi connectivity index (χ2v) is 7.95. The number of nitrogens with one attached hydrogen (secondary N) is 2. The highest BCUT2D eigenvalue weighted by Gasteiger charge is 2.36. The molecule has 0 spiro atoms. The molecule has 2 N–H and O–H groups in total. The number of nitrogens with zero attached hydrogens (tertiary/aromatic N) is 5. The highest BCUT2D eigenvalue weighted by atomic mass is 19.3. The number of aromatic amines is 1. The van der Waals surface area contributed by atoms with E-state index in [4.69, 9.17) is 0 Å². The predicted molar refractivity (Wildman–Crippen MR) is 119 cm³/mol. The minimum atomic E-state index is -2.39. The lowest BCUT2D eigenvalue weighted by atomic mass is 9.99. The normalized spacial score (nSPS) is 13.9. The Kier molecular flexibility index (Phi) is 5.33. The maximum atomic E-state index is 12.6. The third-order valence-corrected chi connectivity index (χ3v) is 5.68. The van der Waals surface area contributed by atoms with Gasteiger partial charge in [-0.25, -0.2) is 13.5 Å². The number of anilines is 2. The first-order chi connectivity index (χ1) is 16.0. The van der Waals surface area contributed by atoms with Gasteiger partial charge < -0.3 is 10.2 Å². The Labute approximate surface area is 188 Å². The zero-order valence-electron chi connectivity index (χ0n) is 17.7. The van der Waals surface area contributed by atoms with E-state index in [1.807, 2.05) is 30.5 Å². The number of aryl methyl sites for hydroxylation is 1. The van der Waals surface area contributed by atoms with Gasteiger partial charge in [0.15, 0.2) is 5.82 Å². The molecule has 3 heterocycles. The molecule has 1 aliphatic rings. The second kappa shape index (κ2) is 8.45. The van der Waals surface area contributed by atoms with Crippen LogP contribution in [-0.2, 0) is 7.05 Å². The summed E-state index contributed by atoms with van der Waals surface area (Å²) in [6, 6.07) is 14.7. The van der Waals surface area contributed by atoms with Crippen molar-refractivity contribution in [2.24, 2.45) is 13.0 Å². The molecule has 4 aromatic rings. The summed E-state index contributed by atoms with van der Waals surface area (Å²) in [5.74, 6) is 0.114. The van der Waals surface area contributed by atoms with Gasteiger partial charge in [0.05, 0.1) is 12.1 Å². The first-order valence-electron chi connectivity index (χ1n) is 10.4. The quantitative estimate of drug-likeness (QED) is 0.465. The van der Waals surface area contributed by atoms with Crippen LogP contribution in [0.3, 0.4) is 0 Å². The lowest BCUT2D eigenvalue weighted by Crippen LogP contribution is -2.52. The molecule has 0 unspecified atom stereocenters. The van der Waals surface area contributed by atoms with E-state index in [9.17, 15) is 13.6 Å². The van der Waals surface area contributed by atoms with Crippen LogP contribution in [0.25, 0.3) is 22.5 Å². The van der Waals surface area contributed by atoms with Crippen LogP contribution < -0.4 is 5.32 Å². The van der Waals surface area contributed by atoms with Gasteiger partial charge in [-0.15, -0.1) is 5.10 Å². The molecule has 1 aliphatic heterocycles. The van der Waals surface area contributed by atoms with E-state index in [1.165, 1.54) is 4.90 Å². The number of hydrogen-bond donors (Lipinski definition) is 2. The summed E-state index contributed by atoms with van der Waals surface area (Å²) < 4.78 is 26.9. The summed E-state index contributed by atoms with van der Waals surface area (Å²) in [5, 5.41) is 14.5. The minimum Gasteiger partial charge on any atom is -0.338 e. The van der Waals surface area contributed by atoms with Crippen molar-refractivity contribution >= 4 is 17.5 Å². The van der Waals surface area contributed by atoms with Crippen molar-refractivity contribution in [2.75, 3.05) is 18.4 Å². The average molecular weight is 449 g/mol. The van der Waals surface area contributed by atoms with Gasteiger partial charge in [0.25, 0.3) is 5.91 Å². The molecular weight excluding hydrogens is 428 g/mol. The molecule has 168 valence electrons. The molecule has 2 aromatic heterocycles. The fourth-order valence-corrected chi connectivity index (χ4v) is 3.68. The summed E-state index contributed by atoms with van der Waals surface area (Å²) >= 11 is 0. The number of carbonyl (C=O) groups is 1. The molecule has 33 heavy (non-hydrogen) atoms. The molecule has 2 aromatic carbocycles. The van der Waals surface area contributed by atoms with Crippen LogP contribution >= 0.6 is 0 Å². The van der Waals surface area contributed by atoms with Gasteiger partial charge >= 0.3 is 0 Å². The molecule has 1 saturated heterocycles. The van der Waals surface area contributed by atoms with Crippen LogP contribution in [0.4, 0.5) is 20.4 Å². The molecule has 0 saturated carbocycles. The van der Waals surface area contributed by atoms with Gasteiger partial charge in [-0.1, -0.05) is 24.3 Å². The molecule has 1 fully saturated rings. The number of aromatic nitrogens is 5. The van der Waals surface area contributed by atoms with Crippen molar-refractivity contribution in [1.82, 2.24) is 29.9 Å². The van der Waals surface area contributed by atoms with E-state index in [0.717, 1.165) is 22.4 Å². The Hall–Kier alpha value is -4.08. The number of likely N-dealkylation sites (tertiary alicyclic amines) is 1. The number of hydrogen-bond acceptors (Lipinski definition) is 5. The maximum Gasteiger partial charge on any atom is 0.253 e. The number of H-pyrrole nitrogens is 1. The lowest BCUT2D eigenvalue weighted by Gasteiger charge is -2.38. The molecule has 1 amide bonds. The number of benzene rings is 2. The molecule has 0 atom stereocenters. The second-order valence-electron chi connectivity index (χ2n) is 7.95. The van der Waals surface area contributed by atoms with Crippen molar-refractivity contribution in [3.63, 3.8) is 0 Å². The summed E-state index contributed by atoms with van der Waals surface area (Å²) in [5.41, 5.74) is 4.12. The lowest BCUT2D eigenvalue weighted by molar-refractivity contribution is -0.0152. The number of rotatable bonds is 6. The summed E-state index contributed by atoms with van der Waals surface area (Å²) in [7, 11) is 1.79. The Morgan fingerprint density at radius 2 is 1.76 bits per heavy atom. The number of amides is 1. The molecule has 0 bridgehead atoms. The van der Waals surface area contributed by atoms with Crippen LogP contribution in [0.5, 0.6) is 0 Å². The van der Waals surface area contributed by atoms with E-state index >= 15 is 0 Å². The van der Waals surface area contributed by atoms with Crippen molar-refractivity contribution in [3.05, 3.63) is 66.5 Å². The number of carbonyl (C=O) groups excluding carboxylic acids is 1. The van der Waals surface area contributed by atoms with Crippen LogP contribution in [0.1, 0.15) is 10.4 Å². The highest BCUT2D eigenvalue weighted by molar-refractivity contribution is 5.95. The third kappa shape index (κ3) is 4.19. The average Bonchev–Trinajstić information content (AvgIpc) is 3.44. The Balaban J connectivity index is 1.26. The summed E-state index contributed by atoms with van der Waals surface area (Å²) in [6.07, 6.45) is 1.21. The van der Waals surface area contributed by atoms with Crippen molar-refractivity contribution in [2.45, 2.75) is 6.43 Å². The van der Waals surface area contributed by atoms with Gasteiger partial charge in [0.2, 0.25) is 12.4 Å². The monoisotopic (exact) mass is 449 g/mol. The van der Waals surface area contributed by atoms with Gasteiger partial charge in [0, 0.05) is 48.7 Å². The van der Waals surface area contributed by atoms with E-state index in [0.29, 0.717) is 17.3 Å². The van der Waals surface area contributed by atoms with Crippen LogP contribution in [0.15, 0.2) is 60.9 Å². The van der Waals surface area contributed by atoms with Crippen LogP contribution in [-0.4, -0.2) is 55.3 Å². The Morgan fingerprint density at radius 3 is 2.39 bits per heavy atom. The number of halogens is 2. The molecule has 5 rings (SSSR count). The minimum absolute atomic E-state index is 0.0954. The smallest absolute Gasteiger partial charge is 0.253 e. The van der Waals surface area contributed by atoms with Crippen LogP contribution in [0, 0.1) is 5.92 Å². The van der Waals surface area contributed by atoms with E-state index < -0.39 is 12.3 Å². The van der Waals surface area contributed by atoms with E-state index in [2.05, 4.69) is 25.6 Å². The highest BCUT2D eigenvalue weighted by Crippen LogP contribution is 2.26. The molecule has 8 nitrogen and oxygen atoms in total. The Morgan fingerprint density at radius 1 is 1.06 bits per heavy atom. The van der Waals surface area contributed by atoms with Crippen molar-refractivity contribution in [1.29, 1.82) is 0 Å². The topological polar surface area (TPSA) is 91.7 Å². The predicted octanol–water partition coefficient (Wildman–Crippen LogP) is 3.95. The van der Waals surface area contributed by atoms with Crippen molar-refractivity contribution < 1.29 is 13.6 Å². The standard InChI is InChI=1S/C23H21F2N7O/c1-31-23(28-19-8-6-14(7-9-19)17-10-26-27-11-17)29-21(30-31)15-2-4-16(5-3-15)22(33)32-12-18(13-32)20(24)25/h2-11,18,20H,12-13H2,1H3,(H,26,27)(H,28,29,30). The Bertz CT molecular complexity index is 1250. The van der Waals surface area contributed by atoms with E-state index in [-0.39, 0.29) is 19.0 Å². The van der Waals surface area contributed by atoms with Gasteiger partial charge in [-0.05, 0) is 29.8 Å². The zero-order valence-corrected chi connectivity index (χ0v) is 17.7. The zero-order chi connectivity index (χ0) is 22.9. The maximum absolute atomic E-state index is 12.6. The van der Waals surface area contributed by atoms with Gasteiger partial charge in [0.1, 0.15) is 0 Å². The third-order valence-electron chi connectivity index (χ3n) is 5.68. The van der Waals surface area contributed by atoms with Gasteiger partial charge in [-0.2, -0.15) is 10.1 Å². The fourth-order valence-electron chi connectivity index (χ4n) is 3.68. The van der Waals surface area contributed by atoms with Crippen molar-refractivity contribution in [3.8, 4) is 22.5 Å². The van der Waals surface area contributed by atoms with E-state index in [1.54, 1.807) is 42.2 Å². The molecule has 0 aliphatic carbocycles. The van der Waals surface area contributed by atoms with Crippen LogP contribution in [0.2, 0.25) is 0 Å². The molecule has 10 heteroatoms. The largest absolute Gasteiger partial charge is 0.338 e. The fraction of sp³-hybridized carbons (Fsp3) is 0.217.